The average molecular weight is 298 g/mol. The number of anilines is 1. The van der Waals surface area contributed by atoms with E-state index in [1.165, 1.54) is 12.4 Å². The predicted molar refractivity (Wildman–Crippen MR) is 82.8 cm³/mol. The van der Waals surface area contributed by atoms with Gasteiger partial charge in [-0.05, 0) is 18.9 Å². The molecule has 2 aromatic rings. The zero-order valence-corrected chi connectivity index (χ0v) is 12.4. The Balaban J connectivity index is 1.59. The van der Waals surface area contributed by atoms with Crippen molar-refractivity contribution in [2.24, 2.45) is 0 Å². The first-order valence-electron chi connectivity index (χ1n) is 7.25. The molecule has 114 valence electrons. The summed E-state index contributed by atoms with van der Waals surface area (Å²) in [5, 5.41) is 6.03. The molecule has 1 saturated carbocycles. The predicted octanol–water partition coefficient (Wildman–Crippen LogP) is 1.99. The Morgan fingerprint density at radius 1 is 1.27 bits per heavy atom. The van der Waals surface area contributed by atoms with Gasteiger partial charge in [0.2, 0.25) is 5.95 Å². The number of hydrogen-bond donors (Lipinski definition) is 2. The van der Waals surface area contributed by atoms with Crippen molar-refractivity contribution in [3.05, 3.63) is 47.8 Å². The smallest absolute Gasteiger partial charge is 0.254 e. The number of amides is 1. The molecule has 1 amide bonds. The minimum atomic E-state index is -0.205. The molecule has 0 radical (unpaired) electrons. The molecule has 6 nitrogen and oxygen atoms in total. The van der Waals surface area contributed by atoms with Gasteiger partial charge in [0.25, 0.3) is 5.91 Å². The maximum absolute atomic E-state index is 12.1. The highest BCUT2D eigenvalue weighted by Gasteiger charge is 2.21. The largest absolute Gasteiger partial charge is 0.496 e. The highest BCUT2D eigenvalue weighted by atomic mass is 16.5. The van der Waals surface area contributed by atoms with E-state index in [0.717, 1.165) is 24.2 Å². The monoisotopic (exact) mass is 298 g/mol. The maximum atomic E-state index is 12.1. The Morgan fingerprint density at radius 2 is 2.00 bits per heavy atom. The number of benzene rings is 1. The van der Waals surface area contributed by atoms with Gasteiger partial charge in [0, 0.05) is 30.5 Å². The van der Waals surface area contributed by atoms with Gasteiger partial charge >= 0.3 is 0 Å². The van der Waals surface area contributed by atoms with Crippen LogP contribution >= 0.6 is 0 Å². The minimum absolute atomic E-state index is 0.205. The lowest BCUT2D eigenvalue weighted by atomic mass is 10.2. The van der Waals surface area contributed by atoms with Crippen molar-refractivity contribution in [1.29, 1.82) is 0 Å². The molecule has 2 N–H and O–H groups in total. The molecular formula is C16H18N4O2. The molecule has 3 rings (SSSR count). The lowest BCUT2D eigenvalue weighted by Gasteiger charge is -2.09. The molecule has 0 spiro atoms. The van der Waals surface area contributed by atoms with E-state index in [1.54, 1.807) is 7.11 Å². The first-order valence-corrected chi connectivity index (χ1v) is 7.25. The number of rotatable bonds is 6. The van der Waals surface area contributed by atoms with Gasteiger partial charge in [-0.2, -0.15) is 0 Å². The second-order valence-corrected chi connectivity index (χ2v) is 5.21. The number of methoxy groups -OCH3 is 1. The van der Waals surface area contributed by atoms with Gasteiger partial charge in [-0.15, -0.1) is 0 Å². The molecule has 0 saturated heterocycles. The number of para-hydroxylation sites is 1. The van der Waals surface area contributed by atoms with Crippen LogP contribution in [0.3, 0.4) is 0 Å². The summed E-state index contributed by atoms with van der Waals surface area (Å²) in [5.74, 6) is 1.12. The minimum Gasteiger partial charge on any atom is -0.496 e. The summed E-state index contributed by atoms with van der Waals surface area (Å²) in [5.41, 5.74) is 1.36. The Kier molecular flexibility index (Phi) is 4.18. The molecule has 6 heteroatoms. The van der Waals surface area contributed by atoms with E-state index in [-0.39, 0.29) is 5.91 Å². The maximum Gasteiger partial charge on any atom is 0.254 e. The number of aromatic nitrogens is 2. The molecular weight excluding hydrogens is 280 g/mol. The average Bonchev–Trinajstić information content (AvgIpc) is 3.37. The number of ether oxygens (including phenoxy) is 1. The second kappa shape index (κ2) is 6.43. The zero-order valence-electron chi connectivity index (χ0n) is 12.4. The molecule has 1 aliphatic carbocycles. The van der Waals surface area contributed by atoms with Crippen LogP contribution in [0.25, 0.3) is 0 Å². The standard InChI is InChI=1S/C16H18N4O2/c1-22-14-5-3-2-4-11(14)8-17-15(21)12-9-18-16(19-10-12)20-13-6-7-13/h2-5,9-10,13H,6-8H2,1H3,(H,17,21)(H,18,19,20). The summed E-state index contributed by atoms with van der Waals surface area (Å²) in [6.45, 7) is 0.394. The van der Waals surface area contributed by atoms with E-state index in [9.17, 15) is 4.79 Å². The van der Waals surface area contributed by atoms with Gasteiger partial charge in [-0.3, -0.25) is 4.79 Å². The number of nitrogens with one attached hydrogen (secondary N) is 2. The van der Waals surface area contributed by atoms with E-state index in [1.807, 2.05) is 24.3 Å². The van der Waals surface area contributed by atoms with Crippen molar-refractivity contribution < 1.29 is 9.53 Å². The summed E-state index contributed by atoms with van der Waals surface area (Å²) < 4.78 is 5.26. The quantitative estimate of drug-likeness (QED) is 0.853. The second-order valence-electron chi connectivity index (χ2n) is 5.21. The van der Waals surface area contributed by atoms with Gasteiger partial charge in [0.1, 0.15) is 5.75 Å². The van der Waals surface area contributed by atoms with Crippen LogP contribution in [-0.2, 0) is 6.54 Å². The first-order chi connectivity index (χ1) is 10.8. The third-order valence-electron chi connectivity index (χ3n) is 3.46. The van der Waals surface area contributed by atoms with Crippen LogP contribution in [0.5, 0.6) is 5.75 Å². The normalized spacial score (nSPS) is 13.5. The summed E-state index contributed by atoms with van der Waals surface area (Å²) in [6.07, 6.45) is 5.39. The summed E-state index contributed by atoms with van der Waals surface area (Å²) in [7, 11) is 1.61. The van der Waals surface area contributed by atoms with Gasteiger partial charge in [-0.25, -0.2) is 9.97 Å². The van der Waals surface area contributed by atoms with Gasteiger partial charge < -0.3 is 15.4 Å². The highest BCUT2D eigenvalue weighted by Crippen LogP contribution is 2.22. The van der Waals surface area contributed by atoms with Crippen molar-refractivity contribution in [3.63, 3.8) is 0 Å². The third-order valence-corrected chi connectivity index (χ3v) is 3.46. The molecule has 1 heterocycles. The van der Waals surface area contributed by atoms with Gasteiger partial charge in [0.15, 0.2) is 0 Å². The van der Waals surface area contributed by atoms with Gasteiger partial charge in [0.05, 0.1) is 12.7 Å². The fourth-order valence-corrected chi connectivity index (χ4v) is 2.06. The molecule has 1 aromatic carbocycles. The van der Waals surface area contributed by atoms with Crippen LogP contribution in [0.2, 0.25) is 0 Å². The number of nitrogens with zero attached hydrogens (tertiary/aromatic N) is 2. The Bertz CT molecular complexity index is 653. The van der Waals surface area contributed by atoms with Gasteiger partial charge in [-0.1, -0.05) is 18.2 Å². The summed E-state index contributed by atoms with van der Waals surface area (Å²) in [6, 6.07) is 8.07. The highest BCUT2D eigenvalue weighted by molar-refractivity contribution is 5.93. The summed E-state index contributed by atoms with van der Waals surface area (Å²) >= 11 is 0. The van der Waals surface area contributed by atoms with Crippen LogP contribution < -0.4 is 15.4 Å². The van der Waals surface area contributed by atoms with E-state index < -0.39 is 0 Å². The number of carbonyl (C=O) groups excluding carboxylic acids is 1. The van der Waals surface area contributed by atoms with Crippen LogP contribution in [0.15, 0.2) is 36.7 Å². The number of hydrogen-bond acceptors (Lipinski definition) is 5. The molecule has 1 aliphatic rings. The molecule has 0 atom stereocenters. The molecule has 0 unspecified atom stereocenters. The Hall–Kier alpha value is -2.63. The van der Waals surface area contributed by atoms with Crippen molar-refractivity contribution in [1.82, 2.24) is 15.3 Å². The molecule has 0 aliphatic heterocycles. The van der Waals surface area contributed by atoms with Crippen LogP contribution in [-0.4, -0.2) is 29.0 Å². The molecule has 0 bridgehead atoms. The summed E-state index contributed by atoms with van der Waals surface area (Å²) in [4.78, 5) is 20.4. The SMILES string of the molecule is COc1ccccc1CNC(=O)c1cnc(NC2CC2)nc1. The van der Waals surface area contributed by atoms with E-state index in [4.69, 9.17) is 4.74 Å². The van der Waals surface area contributed by atoms with Crippen LogP contribution in [0.1, 0.15) is 28.8 Å². The third kappa shape index (κ3) is 3.52. The fourth-order valence-electron chi connectivity index (χ4n) is 2.06. The topological polar surface area (TPSA) is 76.1 Å². The Labute approximate surface area is 128 Å². The molecule has 22 heavy (non-hydrogen) atoms. The van der Waals surface area contributed by atoms with Crippen molar-refractivity contribution in [2.75, 3.05) is 12.4 Å². The van der Waals surface area contributed by atoms with E-state index in [2.05, 4.69) is 20.6 Å². The van der Waals surface area contributed by atoms with Crippen LogP contribution in [0, 0.1) is 0 Å². The van der Waals surface area contributed by atoms with Crippen molar-refractivity contribution >= 4 is 11.9 Å². The lowest BCUT2D eigenvalue weighted by molar-refractivity contribution is 0.0950. The first kappa shape index (κ1) is 14.3. The van der Waals surface area contributed by atoms with Crippen molar-refractivity contribution in [2.45, 2.75) is 25.4 Å². The lowest BCUT2D eigenvalue weighted by Crippen LogP contribution is -2.23. The van der Waals surface area contributed by atoms with Crippen LogP contribution in [0.4, 0.5) is 5.95 Å². The van der Waals surface area contributed by atoms with Crippen molar-refractivity contribution in [3.8, 4) is 5.75 Å². The van der Waals surface area contributed by atoms with E-state index in [0.29, 0.717) is 24.1 Å². The fraction of sp³-hybridized carbons (Fsp3) is 0.312. The molecule has 1 aromatic heterocycles. The Morgan fingerprint density at radius 3 is 2.68 bits per heavy atom. The number of carbonyl (C=O) groups is 1. The molecule has 1 fully saturated rings. The zero-order chi connectivity index (χ0) is 15.4. The van der Waals surface area contributed by atoms with E-state index >= 15 is 0 Å².